The highest BCUT2D eigenvalue weighted by Gasteiger charge is 2.23. The summed E-state index contributed by atoms with van der Waals surface area (Å²) in [5.41, 5.74) is 2.05. The van der Waals surface area contributed by atoms with Crippen LogP contribution in [0.15, 0.2) is 47.5 Å². The Hall–Kier alpha value is -3.13. The highest BCUT2D eigenvalue weighted by molar-refractivity contribution is 5.87. The van der Waals surface area contributed by atoms with Crippen molar-refractivity contribution < 1.29 is 9.53 Å². The quantitative estimate of drug-likeness (QED) is 0.562. The van der Waals surface area contributed by atoms with Gasteiger partial charge in [-0.05, 0) is 30.5 Å². The zero-order chi connectivity index (χ0) is 22.2. The molecule has 3 rings (SSSR count). The molecule has 3 N–H and O–H groups in total. The molecule has 0 radical (unpaired) electrons. The minimum atomic E-state index is -0.187. The second kappa shape index (κ2) is 10.8. The van der Waals surface area contributed by atoms with Gasteiger partial charge >= 0.3 is 0 Å². The lowest BCUT2D eigenvalue weighted by Gasteiger charge is -2.33. The number of piperidine rings is 1. The van der Waals surface area contributed by atoms with E-state index in [-0.39, 0.29) is 17.5 Å². The van der Waals surface area contributed by atoms with Crippen LogP contribution in [0.1, 0.15) is 26.7 Å². The third-order valence-corrected chi connectivity index (χ3v) is 5.18. The number of carbonyl (C=O) groups is 1. The molecule has 0 aromatic carbocycles. The van der Waals surface area contributed by atoms with E-state index in [9.17, 15) is 9.59 Å². The highest BCUT2D eigenvalue weighted by Crippen LogP contribution is 2.23. The Morgan fingerprint density at radius 1 is 1.39 bits per heavy atom. The largest absolute Gasteiger partial charge is 0.481 e. The maximum atomic E-state index is 12.5. The fourth-order valence-electron chi connectivity index (χ4n) is 3.54. The molecule has 0 unspecified atom stereocenters. The predicted molar refractivity (Wildman–Crippen MR) is 122 cm³/mol. The lowest BCUT2D eigenvalue weighted by molar-refractivity contribution is -0.127. The first kappa shape index (κ1) is 22.6. The van der Waals surface area contributed by atoms with Crippen LogP contribution in [0.5, 0.6) is 5.88 Å². The third kappa shape index (κ3) is 6.42. The number of nitrogens with zero attached hydrogens (tertiary/aromatic N) is 2. The second-order valence-electron chi connectivity index (χ2n) is 7.95. The van der Waals surface area contributed by atoms with Crippen LogP contribution in [-0.4, -0.2) is 59.6 Å². The van der Waals surface area contributed by atoms with Gasteiger partial charge in [-0.1, -0.05) is 19.9 Å². The van der Waals surface area contributed by atoms with E-state index >= 15 is 0 Å². The van der Waals surface area contributed by atoms with Crippen molar-refractivity contribution in [3.63, 3.8) is 0 Å². The molecule has 0 spiro atoms. The number of ether oxygens (including phenoxy) is 1. The van der Waals surface area contributed by atoms with Crippen LogP contribution >= 0.6 is 0 Å². The van der Waals surface area contributed by atoms with Crippen LogP contribution in [0, 0.1) is 0 Å². The van der Waals surface area contributed by atoms with E-state index in [1.165, 1.54) is 0 Å². The average molecular weight is 426 g/mol. The SMILES string of the molecule is COc1cc(-c2c[nH]c(=O)c(N[C@@H]3CCCN(C(=O)/C=C/CNC(C)C)C3)c2)ccn1. The molecule has 8 heteroatoms. The van der Waals surface area contributed by atoms with E-state index in [1.807, 2.05) is 29.2 Å². The van der Waals surface area contributed by atoms with E-state index in [1.54, 1.807) is 25.6 Å². The lowest BCUT2D eigenvalue weighted by atomic mass is 10.0. The van der Waals surface area contributed by atoms with E-state index in [0.29, 0.717) is 30.7 Å². The molecule has 2 aromatic rings. The van der Waals surface area contributed by atoms with E-state index in [0.717, 1.165) is 30.5 Å². The number of hydrogen-bond donors (Lipinski definition) is 3. The molecule has 31 heavy (non-hydrogen) atoms. The Morgan fingerprint density at radius 2 is 2.23 bits per heavy atom. The number of aromatic amines is 1. The molecule has 0 bridgehead atoms. The minimum absolute atomic E-state index is 0.00333. The molecule has 8 nitrogen and oxygen atoms in total. The van der Waals surface area contributed by atoms with Gasteiger partial charge in [-0.25, -0.2) is 4.98 Å². The number of likely N-dealkylation sites (tertiary alicyclic amines) is 1. The molecule has 1 amide bonds. The van der Waals surface area contributed by atoms with Gasteiger partial charge in [-0.2, -0.15) is 0 Å². The maximum absolute atomic E-state index is 12.5. The van der Waals surface area contributed by atoms with Crippen molar-refractivity contribution in [2.24, 2.45) is 0 Å². The van der Waals surface area contributed by atoms with Crippen molar-refractivity contribution in [3.05, 3.63) is 53.1 Å². The Kier molecular flexibility index (Phi) is 7.83. The number of amides is 1. The van der Waals surface area contributed by atoms with E-state index < -0.39 is 0 Å². The molecule has 2 aromatic heterocycles. The summed E-state index contributed by atoms with van der Waals surface area (Å²) in [6.07, 6.45) is 8.62. The summed E-state index contributed by atoms with van der Waals surface area (Å²) in [6, 6.07) is 5.90. The van der Waals surface area contributed by atoms with Crippen molar-refractivity contribution in [3.8, 4) is 17.0 Å². The topological polar surface area (TPSA) is 99.4 Å². The van der Waals surface area contributed by atoms with Gasteiger partial charge in [0.15, 0.2) is 0 Å². The normalized spacial score (nSPS) is 16.6. The summed E-state index contributed by atoms with van der Waals surface area (Å²) in [6.45, 7) is 6.09. The zero-order valence-electron chi connectivity index (χ0n) is 18.4. The van der Waals surface area contributed by atoms with E-state index in [4.69, 9.17) is 4.74 Å². The molecular weight excluding hydrogens is 394 g/mol. The van der Waals surface area contributed by atoms with Crippen LogP contribution in [0.25, 0.3) is 11.1 Å². The number of anilines is 1. The first-order valence-electron chi connectivity index (χ1n) is 10.6. The van der Waals surface area contributed by atoms with Gasteiger partial charge in [0.25, 0.3) is 5.56 Å². The number of pyridine rings is 2. The van der Waals surface area contributed by atoms with Crippen LogP contribution in [0.4, 0.5) is 5.69 Å². The average Bonchev–Trinajstić information content (AvgIpc) is 2.78. The smallest absolute Gasteiger partial charge is 0.271 e. The fraction of sp³-hybridized carbons (Fsp3) is 0.435. The first-order chi connectivity index (χ1) is 15.0. The Balaban J connectivity index is 1.66. The third-order valence-electron chi connectivity index (χ3n) is 5.18. The van der Waals surface area contributed by atoms with Gasteiger partial charge in [0, 0.05) is 61.8 Å². The first-order valence-corrected chi connectivity index (χ1v) is 10.6. The number of nitrogens with one attached hydrogen (secondary N) is 3. The van der Waals surface area contributed by atoms with E-state index in [2.05, 4.69) is 34.4 Å². The summed E-state index contributed by atoms with van der Waals surface area (Å²) >= 11 is 0. The Labute approximate surface area is 182 Å². The molecule has 1 saturated heterocycles. The van der Waals surface area contributed by atoms with Gasteiger partial charge in [-0.15, -0.1) is 0 Å². The van der Waals surface area contributed by atoms with Crippen molar-refractivity contribution in [1.29, 1.82) is 0 Å². The van der Waals surface area contributed by atoms with Crippen molar-refractivity contribution in [2.45, 2.75) is 38.8 Å². The summed E-state index contributed by atoms with van der Waals surface area (Å²) in [5.74, 6) is 0.514. The monoisotopic (exact) mass is 425 g/mol. The fourth-order valence-corrected chi connectivity index (χ4v) is 3.54. The number of hydrogen-bond acceptors (Lipinski definition) is 6. The predicted octanol–water partition coefficient (Wildman–Crippen LogP) is 2.40. The molecule has 1 fully saturated rings. The number of aromatic nitrogens is 2. The molecule has 0 aliphatic carbocycles. The summed E-state index contributed by atoms with van der Waals surface area (Å²) < 4.78 is 5.19. The van der Waals surface area contributed by atoms with Gasteiger partial charge < -0.3 is 25.3 Å². The molecule has 0 saturated carbocycles. The van der Waals surface area contributed by atoms with Gasteiger partial charge in [-0.3, -0.25) is 9.59 Å². The van der Waals surface area contributed by atoms with Crippen molar-refractivity contribution >= 4 is 11.6 Å². The summed E-state index contributed by atoms with van der Waals surface area (Å²) in [7, 11) is 1.57. The van der Waals surface area contributed by atoms with Crippen LogP contribution < -0.4 is 20.9 Å². The number of H-pyrrole nitrogens is 1. The summed E-state index contributed by atoms with van der Waals surface area (Å²) in [5, 5.41) is 6.59. The van der Waals surface area contributed by atoms with Crippen molar-refractivity contribution in [1.82, 2.24) is 20.2 Å². The Bertz CT molecular complexity index is 970. The van der Waals surface area contributed by atoms with Crippen molar-refractivity contribution in [2.75, 3.05) is 32.1 Å². The number of methoxy groups -OCH3 is 1. The minimum Gasteiger partial charge on any atom is -0.481 e. The summed E-state index contributed by atoms with van der Waals surface area (Å²) in [4.78, 5) is 33.6. The lowest BCUT2D eigenvalue weighted by Crippen LogP contribution is -2.45. The second-order valence-corrected chi connectivity index (χ2v) is 7.95. The standard InChI is InChI=1S/C23H31N5O3/c1-16(2)24-9-4-7-22(29)28-11-5-6-19(15-28)27-20-12-18(14-26-23(20)30)17-8-10-25-21(13-17)31-3/h4,7-8,10,12-14,16,19,24,27H,5-6,9,11,15H2,1-3H3,(H,26,30)/b7-4+/t19-/m1/s1. The van der Waals surface area contributed by atoms with Gasteiger partial charge in [0.05, 0.1) is 7.11 Å². The Morgan fingerprint density at radius 3 is 3.00 bits per heavy atom. The molecule has 1 atom stereocenters. The van der Waals surface area contributed by atoms with Crippen LogP contribution in [0.3, 0.4) is 0 Å². The molecular formula is C23H31N5O3. The highest BCUT2D eigenvalue weighted by atomic mass is 16.5. The van der Waals surface area contributed by atoms with Crippen LogP contribution in [-0.2, 0) is 4.79 Å². The molecule has 166 valence electrons. The maximum Gasteiger partial charge on any atom is 0.271 e. The van der Waals surface area contributed by atoms with Gasteiger partial charge in [0.1, 0.15) is 5.69 Å². The number of carbonyl (C=O) groups excluding carboxylic acids is 1. The molecule has 1 aliphatic heterocycles. The molecule has 1 aliphatic rings. The van der Waals surface area contributed by atoms with Gasteiger partial charge in [0.2, 0.25) is 11.8 Å². The number of rotatable bonds is 8. The van der Waals surface area contributed by atoms with Crippen LogP contribution in [0.2, 0.25) is 0 Å². The molecule has 3 heterocycles. The zero-order valence-corrected chi connectivity index (χ0v) is 18.4.